The average Bonchev–Trinajstić information content (AvgIpc) is 3.29. The van der Waals surface area contributed by atoms with Crippen LogP contribution in [-0.2, 0) is 16.6 Å². The number of nitrogens with zero attached hydrogens (tertiary/aromatic N) is 4. The molecule has 4 aromatic rings. The molecule has 4 heterocycles. The topological polar surface area (TPSA) is 81.3 Å². The molecule has 0 radical (unpaired) electrons. The van der Waals surface area contributed by atoms with Gasteiger partial charge in [0.15, 0.2) is 0 Å². The van der Waals surface area contributed by atoms with Crippen LogP contribution in [0.3, 0.4) is 0 Å². The third-order valence-corrected chi connectivity index (χ3v) is 5.76. The number of nitrogens with one attached hydrogen (secondary N) is 1. The van der Waals surface area contributed by atoms with E-state index in [1.165, 1.54) is 10.2 Å². The molecule has 0 aliphatic heterocycles. The molecule has 0 aliphatic rings. The van der Waals surface area contributed by atoms with Gasteiger partial charge in [-0.15, -0.1) is 0 Å². The predicted octanol–water partition coefficient (Wildman–Crippen LogP) is 2.15. The second kappa shape index (κ2) is 6.40. The van der Waals surface area contributed by atoms with Crippen molar-refractivity contribution in [2.24, 2.45) is 0 Å². The van der Waals surface area contributed by atoms with Crippen molar-refractivity contribution in [3.8, 4) is 11.3 Å². The lowest BCUT2D eigenvalue weighted by atomic mass is 10.2. The first kappa shape index (κ1) is 16.5. The Morgan fingerprint density at radius 1 is 1.15 bits per heavy atom. The SMILES string of the molecule is CNCc1cc(-c2ccc3nccn3c2)n(S(=O)(=O)c2cccnc2)c1. The fourth-order valence-corrected chi connectivity index (χ4v) is 4.25. The second-order valence-electron chi connectivity index (χ2n) is 5.86. The van der Waals surface area contributed by atoms with Gasteiger partial charge in [-0.2, -0.15) is 0 Å². The Labute approximate surface area is 151 Å². The Hall–Kier alpha value is -2.97. The molecule has 4 aromatic heterocycles. The summed E-state index contributed by atoms with van der Waals surface area (Å²) in [5.41, 5.74) is 3.05. The lowest BCUT2D eigenvalue weighted by molar-refractivity contribution is 0.587. The van der Waals surface area contributed by atoms with Gasteiger partial charge < -0.3 is 9.72 Å². The maximum atomic E-state index is 13.1. The summed E-state index contributed by atoms with van der Waals surface area (Å²) >= 11 is 0. The highest BCUT2D eigenvalue weighted by Crippen LogP contribution is 2.27. The van der Waals surface area contributed by atoms with Crippen molar-refractivity contribution < 1.29 is 8.42 Å². The number of hydrogen-bond donors (Lipinski definition) is 1. The molecule has 0 spiro atoms. The molecule has 26 heavy (non-hydrogen) atoms. The lowest BCUT2D eigenvalue weighted by Crippen LogP contribution is -2.13. The van der Waals surface area contributed by atoms with Crippen LogP contribution in [0.25, 0.3) is 16.9 Å². The maximum Gasteiger partial charge on any atom is 0.269 e. The van der Waals surface area contributed by atoms with E-state index in [4.69, 9.17) is 0 Å². The van der Waals surface area contributed by atoms with Crippen LogP contribution in [0.1, 0.15) is 5.56 Å². The zero-order valence-electron chi connectivity index (χ0n) is 14.1. The smallest absolute Gasteiger partial charge is 0.269 e. The van der Waals surface area contributed by atoms with Crippen LogP contribution in [0.4, 0.5) is 0 Å². The summed E-state index contributed by atoms with van der Waals surface area (Å²) < 4.78 is 29.5. The molecule has 4 rings (SSSR count). The van der Waals surface area contributed by atoms with Crippen LogP contribution in [0.15, 0.2) is 72.4 Å². The van der Waals surface area contributed by atoms with Gasteiger partial charge in [0.2, 0.25) is 0 Å². The fourth-order valence-electron chi connectivity index (χ4n) is 2.89. The van der Waals surface area contributed by atoms with Gasteiger partial charge >= 0.3 is 0 Å². The van der Waals surface area contributed by atoms with Crippen molar-refractivity contribution >= 4 is 15.7 Å². The Bertz CT molecular complexity index is 1160. The van der Waals surface area contributed by atoms with Gasteiger partial charge in [0.25, 0.3) is 10.0 Å². The van der Waals surface area contributed by atoms with Gasteiger partial charge in [-0.25, -0.2) is 17.4 Å². The predicted molar refractivity (Wildman–Crippen MR) is 98.2 cm³/mol. The minimum Gasteiger partial charge on any atom is -0.316 e. The summed E-state index contributed by atoms with van der Waals surface area (Å²) in [6.07, 6.45) is 9.96. The number of hydrogen-bond acceptors (Lipinski definition) is 5. The monoisotopic (exact) mass is 367 g/mol. The first-order chi connectivity index (χ1) is 12.6. The van der Waals surface area contributed by atoms with E-state index in [1.54, 1.807) is 30.7 Å². The average molecular weight is 367 g/mol. The molecule has 0 saturated heterocycles. The standard InChI is InChI=1S/C18H17N5O2S/c1-19-10-14-9-17(15-4-5-18-21-7-8-22(18)13-15)23(12-14)26(24,25)16-3-2-6-20-11-16/h2-9,11-13,19H,10H2,1H3. The van der Waals surface area contributed by atoms with Gasteiger partial charge in [0, 0.05) is 49.3 Å². The van der Waals surface area contributed by atoms with Crippen molar-refractivity contribution in [2.45, 2.75) is 11.4 Å². The Balaban J connectivity index is 1.91. The van der Waals surface area contributed by atoms with E-state index < -0.39 is 10.0 Å². The number of fused-ring (bicyclic) bond motifs is 1. The molecule has 8 heteroatoms. The minimum atomic E-state index is -3.75. The van der Waals surface area contributed by atoms with Gasteiger partial charge in [0.1, 0.15) is 10.5 Å². The van der Waals surface area contributed by atoms with Gasteiger partial charge in [-0.05, 0) is 42.9 Å². The van der Waals surface area contributed by atoms with Crippen molar-refractivity contribution in [1.82, 2.24) is 23.7 Å². The summed E-state index contributed by atoms with van der Waals surface area (Å²) in [4.78, 5) is 8.31. The van der Waals surface area contributed by atoms with E-state index in [0.29, 0.717) is 12.2 Å². The Morgan fingerprint density at radius 2 is 2.04 bits per heavy atom. The molecule has 0 amide bonds. The molecule has 0 aromatic carbocycles. The molecular weight excluding hydrogens is 350 g/mol. The van der Waals surface area contributed by atoms with E-state index in [-0.39, 0.29) is 4.90 Å². The molecular formula is C18H17N5O2S. The van der Waals surface area contributed by atoms with Crippen molar-refractivity contribution in [3.05, 3.63) is 73.1 Å². The molecule has 0 unspecified atom stereocenters. The summed E-state index contributed by atoms with van der Waals surface area (Å²) in [6.45, 7) is 0.565. The van der Waals surface area contributed by atoms with Crippen LogP contribution in [0, 0.1) is 0 Å². The number of pyridine rings is 2. The third kappa shape index (κ3) is 2.79. The molecule has 132 valence electrons. The van der Waals surface area contributed by atoms with E-state index in [2.05, 4.69) is 15.3 Å². The highest BCUT2D eigenvalue weighted by Gasteiger charge is 2.22. The molecule has 0 aliphatic carbocycles. The first-order valence-corrected chi connectivity index (χ1v) is 9.48. The van der Waals surface area contributed by atoms with Gasteiger partial charge in [0.05, 0.1) is 5.69 Å². The highest BCUT2D eigenvalue weighted by molar-refractivity contribution is 7.90. The van der Waals surface area contributed by atoms with Crippen LogP contribution < -0.4 is 5.32 Å². The molecule has 0 fully saturated rings. The van der Waals surface area contributed by atoms with Crippen molar-refractivity contribution in [3.63, 3.8) is 0 Å². The van der Waals surface area contributed by atoms with E-state index in [1.807, 2.05) is 42.0 Å². The van der Waals surface area contributed by atoms with Gasteiger partial charge in [-0.1, -0.05) is 0 Å². The summed E-state index contributed by atoms with van der Waals surface area (Å²) in [5.74, 6) is 0. The molecule has 1 N–H and O–H groups in total. The molecule has 7 nitrogen and oxygen atoms in total. The quantitative estimate of drug-likeness (QED) is 0.585. The van der Waals surface area contributed by atoms with Gasteiger partial charge in [-0.3, -0.25) is 4.98 Å². The Morgan fingerprint density at radius 3 is 2.81 bits per heavy atom. The van der Waals surface area contributed by atoms with Crippen molar-refractivity contribution in [1.29, 1.82) is 0 Å². The zero-order chi connectivity index (χ0) is 18.1. The molecule has 0 saturated carbocycles. The lowest BCUT2D eigenvalue weighted by Gasteiger charge is -2.10. The van der Waals surface area contributed by atoms with Crippen LogP contribution in [-0.4, -0.2) is 33.8 Å². The third-order valence-electron chi connectivity index (χ3n) is 4.10. The number of imidazole rings is 1. The summed E-state index contributed by atoms with van der Waals surface area (Å²) in [7, 11) is -1.93. The fraction of sp³-hybridized carbons (Fsp3) is 0.111. The van der Waals surface area contributed by atoms with E-state index >= 15 is 0 Å². The summed E-state index contributed by atoms with van der Waals surface area (Å²) in [5, 5.41) is 3.06. The molecule has 0 bridgehead atoms. The first-order valence-electron chi connectivity index (χ1n) is 8.04. The van der Waals surface area contributed by atoms with E-state index in [9.17, 15) is 8.42 Å². The maximum absolute atomic E-state index is 13.1. The van der Waals surface area contributed by atoms with Crippen LogP contribution >= 0.6 is 0 Å². The largest absolute Gasteiger partial charge is 0.316 e. The number of aromatic nitrogens is 4. The zero-order valence-corrected chi connectivity index (χ0v) is 14.9. The Kier molecular flexibility index (Phi) is 4.06. The van der Waals surface area contributed by atoms with Crippen molar-refractivity contribution in [2.75, 3.05) is 7.05 Å². The van der Waals surface area contributed by atoms with Crippen LogP contribution in [0.5, 0.6) is 0 Å². The summed E-state index contributed by atoms with van der Waals surface area (Å²) in [6, 6.07) is 8.77. The minimum absolute atomic E-state index is 0.150. The van der Waals surface area contributed by atoms with Crippen LogP contribution in [0.2, 0.25) is 0 Å². The highest BCUT2D eigenvalue weighted by atomic mass is 32.2. The molecule has 0 atom stereocenters. The second-order valence-corrected chi connectivity index (χ2v) is 7.68. The number of rotatable bonds is 5. The van der Waals surface area contributed by atoms with E-state index in [0.717, 1.165) is 16.8 Å². The normalized spacial score (nSPS) is 11.9.